The number of benzene rings is 1. The lowest BCUT2D eigenvalue weighted by atomic mass is 9.98. The third kappa shape index (κ3) is 5.35. The van der Waals surface area contributed by atoms with Gasteiger partial charge >= 0.3 is 0 Å². The minimum Gasteiger partial charge on any atom is -0.369 e. The molecule has 40 heavy (non-hydrogen) atoms. The fraction of sp³-hybridized carbons (Fsp3) is 0.467. The predicted octanol–water partition coefficient (Wildman–Crippen LogP) is 4.55. The van der Waals surface area contributed by atoms with Crippen molar-refractivity contribution in [1.29, 1.82) is 0 Å². The van der Waals surface area contributed by atoms with Crippen LogP contribution in [0.5, 0.6) is 0 Å². The Bertz CT molecular complexity index is 1550. The highest BCUT2D eigenvalue weighted by Gasteiger charge is 2.24. The van der Waals surface area contributed by atoms with Crippen LogP contribution in [0.3, 0.4) is 0 Å². The maximum atomic E-state index is 13.7. The average Bonchev–Trinajstić information content (AvgIpc) is 3.35. The van der Waals surface area contributed by atoms with Gasteiger partial charge in [-0.2, -0.15) is 4.98 Å². The van der Waals surface area contributed by atoms with Gasteiger partial charge in [0.05, 0.1) is 16.3 Å². The molecule has 3 aromatic heterocycles. The van der Waals surface area contributed by atoms with E-state index in [0.29, 0.717) is 29.6 Å². The number of anilines is 3. The van der Waals surface area contributed by atoms with Gasteiger partial charge in [0, 0.05) is 66.5 Å². The molecule has 2 fully saturated rings. The number of aromatic nitrogens is 4. The Kier molecular flexibility index (Phi) is 7.57. The van der Waals surface area contributed by atoms with Crippen LogP contribution in [0.15, 0.2) is 41.3 Å². The largest absolute Gasteiger partial charge is 0.369 e. The van der Waals surface area contributed by atoms with Gasteiger partial charge in [-0.3, -0.25) is 9.36 Å². The Morgan fingerprint density at radius 3 is 2.38 bits per heavy atom. The molecular formula is C30H38N8OS. The summed E-state index contributed by atoms with van der Waals surface area (Å²) in [5.74, 6) is 0.943. The molecule has 4 aromatic rings. The van der Waals surface area contributed by atoms with Crippen molar-refractivity contribution in [1.82, 2.24) is 29.3 Å². The summed E-state index contributed by atoms with van der Waals surface area (Å²) in [6, 6.07) is 10.3. The summed E-state index contributed by atoms with van der Waals surface area (Å²) >= 11 is 1.73. The highest BCUT2D eigenvalue weighted by molar-refractivity contribution is 7.12. The molecule has 0 atom stereocenters. The number of fused-ring (bicyclic) bond motifs is 1. The topological polar surface area (TPSA) is 82.4 Å². The average molecular weight is 559 g/mol. The lowest BCUT2D eigenvalue weighted by Gasteiger charge is -2.34. The highest BCUT2D eigenvalue weighted by atomic mass is 32.1. The van der Waals surface area contributed by atoms with E-state index in [-0.39, 0.29) is 5.56 Å². The van der Waals surface area contributed by atoms with Gasteiger partial charge < -0.3 is 20.0 Å². The Balaban J connectivity index is 1.26. The van der Waals surface area contributed by atoms with Crippen molar-refractivity contribution in [2.45, 2.75) is 39.2 Å². The smallest absolute Gasteiger partial charge is 0.261 e. The second kappa shape index (κ2) is 11.3. The van der Waals surface area contributed by atoms with Gasteiger partial charge in [-0.25, -0.2) is 9.97 Å². The molecule has 10 heteroatoms. The third-order valence-corrected chi connectivity index (χ3v) is 9.40. The zero-order valence-corrected chi connectivity index (χ0v) is 24.7. The molecule has 0 amide bonds. The Morgan fingerprint density at radius 2 is 1.68 bits per heavy atom. The number of rotatable bonds is 6. The van der Waals surface area contributed by atoms with Crippen LogP contribution in [-0.4, -0.2) is 82.7 Å². The van der Waals surface area contributed by atoms with E-state index in [1.165, 1.54) is 5.69 Å². The molecule has 0 aliphatic carbocycles. The summed E-state index contributed by atoms with van der Waals surface area (Å²) in [5.41, 5.74) is 4.15. The number of nitrogens with one attached hydrogen (secondary N) is 1. The van der Waals surface area contributed by atoms with Crippen LogP contribution in [0.25, 0.3) is 22.3 Å². The van der Waals surface area contributed by atoms with E-state index in [9.17, 15) is 4.79 Å². The number of piperazine rings is 1. The number of thiazole rings is 1. The first-order chi connectivity index (χ1) is 19.4. The Morgan fingerprint density at radius 1 is 0.975 bits per heavy atom. The lowest BCUT2D eigenvalue weighted by Crippen LogP contribution is -2.44. The molecule has 5 heterocycles. The lowest BCUT2D eigenvalue weighted by molar-refractivity contribution is 0.255. The Hall–Kier alpha value is -3.34. The van der Waals surface area contributed by atoms with Crippen molar-refractivity contribution in [3.8, 4) is 11.3 Å². The van der Waals surface area contributed by atoms with E-state index in [0.717, 1.165) is 78.8 Å². The molecule has 210 valence electrons. The zero-order chi connectivity index (χ0) is 27.8. The molecular weight excluding hydrogens is 520 g/mol. The summed E-state index contributed by atoms with van der Waals surface area (Å²) in [7, 11) is 4.34. The molecule has 2 aliphatic heterocycles. The summed E-state index contributed by atoms with van der Waals surface area (Å²) in [6.45, 7) is 11.0. The molecule has 0 bridgehead atoms. The van der Waals surface area contributed by atoms with Crippen LogP contribution in [0.4, 0.5) is 17.3 Å². The maximum Gasteiger partial charge on any atom is 0.261 e. The zero-order valence-electron chi connectivity index (χ0n) is 23.9. The van der Waals surface area contributed by atoms with Crippen molar-refractivity contribution in [3.05, 3.63) is 56.8 Å². The SMILES string of the molecule is CCn1c(=O)c(-c2nc(C3CCN(C)CC3)sc2C)cc2cnc(Nc3ccc(N4CCN(C)CC4)cc3)nc21. The fourth-order valence-electron chi connectivity index (χ4n) is 5.73. The number of likely N-dealkylation sites (N-methyl/N-ethyl adjacent to an activating group) is 1. The first kappa shape index (κ1) is 26.9. The van der Waals surface area contributed by atoms with Crippen LogP contribution in [-0.2, 0) is 6.54 Å². The van der Waals surface area contributed by atoms with Crippen molar-refractivity contribution in [2.75, 3.05) is 63.6 Å². The number of hydrogen-bond acceptors (Lipinski definition) is 9. The maximum absolute atomic E-state index is 13.7. The van der Waals surface area contributed by atoms with Crippen molar-refractivity contribution in [2.24, 2.45) is 0 Å². The molecule has 0 spiro atoms. The van der Waals surface area contributed by atoms with E-state index >= 15 is 0 Å². The summed E-state index contributed by atoms with van der Waals surface area (Å²) < 4.78 is 1.74. The van der Waals surface area contributed by atoms with Crippen molar-refractivity contribution in [3.63, 3.8) is 0 Å². The van der Waals surface area contributed by atoms with Gasteiger partial charge in [0.1, 0.15) is 5.65 Å². The van der Waals surface area contributed by atoms with Crippen molar-refractivity contribution >= 4 is 39.7 Å². The van der Waals surface area contributed by atoms with Crippen LogP contribution in [0.2, 0.25) is 0 Å². The molecule has 0 saturated carbocycles. The van der Waals surface area contributed by atoms with Gasteiger partial charge in [-0.15, -0.1) is 11.3 Å². The quantitative estimate of drug-likeness (QED) is 0.369. The van der Waals surface area contributed by atoms with Gasteiger partial charge in [-0.05, 0) is 84.2 Å². The monoisotopic (exact) mass is 558 g/mol. The van der Waals surface area contributed by atoms with E-state index in [1.807, 2.05) is 13.0 Å². The van der Waals surface area contributed by atoms with Gasteiger partial charge in [-0.1, -0.05) is 0 Å². The molecule has 6 rings (SSSR count). The standard InChI is InChI=1S/C30H38N8OS/c1-5-38-27-22(18-25(29(38)39)26-20(2)40-28(33-26)21-10-12-35(3)13-11-21)19-31-30(34-27)32-23-6-8-24(9-7-23)37-16-14-36(4)15-17-37/h6-9,18-19,21H,5,10-17H2,1-4H3,(H,31,32,34). The van der Waals surface area contributed by atoms with E-state index in [2.05, 4.69) is 70.3 Å². The first-order valence-electron chi connectivity index (χ1n) is 14.3. The van der Waals surface area contributed by atoms with Gasteiger partial charge in [0.2, 0.25) is 5.95 Å². The Labute approximate surface area is 239 Å². The molecule has 1 N–H and O–H groups in total. The van der Waals surface area contributed by atoms with E-state index in [1.54, 1.807) is 22.1 Å². The number of likely N-dealkylation sites (tertiary alicyclic amines) is 1. The van der Waals surface area contributed by atoms with Crippen LogP contribution in [0.1, 0.15) is 35.6 Å². The number of piperidine rings is 1. The van der Waals surface area contributed by atoms with E-state index < -0.39 is 0 Å². The summed E-state index contributed by atoms with van der Waals surface area (Å²) in [6.07, 6.45) is 4.03. The summed E-state index contributed by atoms with van der Waals surface area (Å²) in [4.78, 5) is 36.3. The second-order valence-electron chi connectivity index (χ2n) is 11.1. The molecule has 0 radical (unpaired) electrons. The third-order valence-electron chi connectivity index (χ3n) is 8.27. The van der Waals surface area contributed by atoms with Crippen LogP contribution >= 0.6 is 11.3 Å². The number of aryl methyl sites for hydroxylation is 2. The van der Waals surface area contributed by atoms with Gasteiger partial charge in [0.25, 0.3) is 5.56 Å². The molecule has 1 aromatic carbocycles. The number of pyridine rings is 1. The minimum atomic E-state index is -0.0560. The molecule has 2 saturated heterocycles. The predicted molar refractivity (Wildman–Crippen MR) is 164 cm³/mol. The normalized spacial score (nSPS) is 17.6. The minimum absolute atomic E-state index is 0.0560. The van der Waals surface area contributed by atoms with E-state index in [4.69, 9.17) is 9.97 Å². The fourth-order valence-corrected chi connectivity index (χ4v) is 6.83. The second-order valence-corrected chi connectivity index (χ2v) is 12.3. The molecule has 0 unspecified atom stereocenters. The number of hydrogen-bond donors (Lipinski definition) is 1. The van der Waals surface area contributed by atoms with Crippen molar-refractivity contribution < 1.29 is 0 Å². The highest BCUT2D eigenvalue weighted by Crippen LogP contribution is 2.35. The summed E-state index contributed by atoms with van der Waals surface area (Å²) in [5, 5.41) is 5.31. The molecule has 2 aliphatic rings. The first-order valence-corrected chi connectivity index (χ1v) is 15.1. The van der Waals surface area contributed by atoms with Crippen LogP contribution in [0, 0.1) is 6.92 Å². The van der Waals surface area contributed by atoms with Gasteiger partial charge in [0.15, 0.2) is 0 Å². The van der Waals surface area contributed by atoms with Crippen LogP contribution < -0.4 is 15.8 Å². The number of nitrogens with zero attached hydrogens (tertiary/aromatic N) is 7. The molecule has 9 nitrogen and oxygen atoms in total.